The van der Waals surface area contributed by atoms with Gasteiger partial charge in [0.2, 0.25) is 0 Å². The van der Waals surface area contributed by atoms with E-state index in [4.69, 9.17) is 0 Å². The van der Waals surface area contributed by atoms with E-state index in [0.29, 0.717) is 12.1 Å². The van der Waals surface area contributed by atoms with Crippen LogP contribution in [0.25, 0.3) is 21.1 Å². The molecule has 1 N–H and O–H groups in total. The van der Waals surface area contributed by atoms with Crippen LogP contribution in [0.1, 0.15) is 26.5 Å². The molecule has 2 aromatic heterocycles. The normalized spacial score (nSPS) is 11.3. The molecular weight excluding hydrogens is 402 g/mol. The van der Waals surface area contributed by atoms with Gasteiger partial charge < -0.3 is 9.88 Å². The van der Waals surface area contributed by atoms with Crippen molar-refractivity contribution < 1.29 is 4.79 Å². The molecule has 1 amide bonds. The van der Waals surface area contributed by atoms with E-state index >= 15 is 0 Å². The Balaban J connectivity index is 1.32. The first kappa shape index (κ1) is 19.5. The van der Waals surface area contributed by atoms with E-state index in [-0.39, 0.29) is 5.91 Å². The Morgan fingerprint density at radius 3 is 2.61 bits per heavy atom. The second kappa shape index (κ2) is 8.36. The Kier molecular flexibility index (Phi) is 5.26. The predicted octanol–water partition coefficient (Wildman–Crippen LogP) is 5.58. The van der Waals surface area contributed by atoms with Crippen LogP contribution in [0.15, 0.2) is 79.0 Å². The van der Waals surface area contributed by atoms with Gasteiger partial charge in [0.1, 0.15) is 0 Å². The summed E-state index contributed by atoms with van der Waals surface area (Å²) in [5.74, 6) is -0.0417. The fourth-order valence-electron chi connectivity index (χ4n) is 3.85. The largest absolute Gasteiger partial charge is 0.352 e. The molecule has 4 nitrogen and oxygen atoms in total. The Morgan fingerprint density at radius 2 is 1.77 bits per heavy atom. The van der Waals surface area contributed by atoms with Gasteiger partial charge in [-0.1, -0.05) is 60.2 Å². The number of carbonyl (C=O) groups is 1. The number of carbonyl (C=O) groups excluding carboxylic acids is 1. The van der Waals surface area contributed by atoms with Gasteiger partial charge in [0, 0.05) is 36.6 Å². The topological polar surface area (TPSA) is 46.9 Å². The van der Waals surface area contributed by atoms with Crippen molar-refractivity contribution in [2.75, 3.05) is 6.54 Å². The van der Waals surface area contributed by atoms with Crippen molar-refractivity contribution in [2.45, 2.75) is 19.9 Å². The smallest absolute Gasteiger partial charge is 0.253 e. The highest BCUT2D eigenvalue weighted by Gasteiger charge is 2.15. The number of para-hydroxylation sites is 2. The molecule has 0 atom stereocenters. The maximum absolute atomic E-state index is 13.0. The second-order valence-electron chi connectivity index (χ2n) is 7.75. The Hall–Kier alpha value is -3.44. The first-order valence-corrected chi connectivity index (χ1v) is 11.2. The molecule has 0 unspecified atom stereocenters. The first-order chi connectivity index (χ1) is 15.2. The predicted molar refractivity (Wildman–Crippen MR) is 128 cm³/mol. The lowest BCUT2D eigenvalue weighted by Crippen LogP contribution is -2.25. The molecule has 0 saturated carbocycles. The minimum atomic E-state index is -0.0417. The summed E-state index contributed by atoms with van der Waals surface area (Å²) in [5, 5.41) is 5.11. The van der Waals surface area contributed by atoms with Crippen LogP contribution in [0.5, 0.6) is 0 Å². The van der Waals surface area contributed by atoms with Gasteiger partial charge in [-0.2, -0.15) is 0 Å². The standard InChI is InChI=1S/C26H23N3OS/c1-18-10-12-19(13-11-18)16-29-17-21(20-6-2-4-8-23(20)29)26(30)27-15-14-25-28-22-7-3-5-9-24(22)31-25/h2-13,17H,14-16H2,1H3,(H,27,30). The van der Waals surface area contributed by atoms with Crippen molar-refractivity contribution in [3.05, 3.63) is 101 Å². The van der Waals surface area contributed by atoms with Gasteiger partial charge in [-0.05, 0) is 30.7 Å². The molecule has 0 fully saturated rings. The quantitative estimate of drug-likeness (QED) is 0.386. The molecule has 0 aliphatic rings. The Morgan fingerprint density at radius 1 is 1.00 bits per heavy atom. The first-order valence-electron chi connectivity index (χ1n) is 10.4. The number of rotatable bonds is 6. The fourth-order valence-corrected chi connectivity index (χ4v) is 4.82. The SMILES string of the molecule is Cc1ccc(Cn2cc(C(=O)NCCc3nc4ccccc4s3)c3ccccc32)cc1. The molecule has 0 bridgehead atoms. The van der Waals surface area contributed by atoms with Gasteiger partial charge in [0.05, 0.1) is 20.8 Å². The molecule has 0 radical (unpaired) electrons. The van der Waals surface area contributed by atoms with Crippen LogP contribution in [-0.2, 0) is 13.0 Å². The van der Waals surface area contributed by atoms with Crippen molar-refractivity contribution in [3.63, 3.8) is 0 Å². The number of nitrogens with one attached hydrogen (secondary N) is 1. The third-order valence-electron chi connectivity index (χ3n) is 5.47. The summed E-state index contributed by atoms with van der Waals surface area (Å²) in [4.78, 5) is 17.6. The Labute approximate surface area is 185 Å². The number of hydrogen-bond acceptors (Lipinski definition) is 3. The number of nitrogens with zero attached hydrogens (tertiary/aromatic N) is 2. The number of benzene rings is 3. The van der Waals surface area contributed by atoms with E-state index < -0.39 is 0 Å². The van der Waals surface area contributed by atoms with E-state index in [1.54, 1.807) is 11.3 Å². The van der Waals surface area contributed by atoms with Gasteiger partial charge in [0.15, 0.2) is 0 Å². The summed E-state index contributed by atoms with van der Waals surface area (Å²) < 4.78 is 3.34. The van der Waals surface area contributed by atoms with E-state index in [9.17, 15) is 4.79 Å². The van der Waals surface area contributed by atoms with Gasteiger partial charge in [0.25, 0.3) is 5.91 Å². The zero-order valence-corrected chi connectivity index (χ0v) is 18.2. The van der Waals surface area contributed by atoms with Crippen molar-refractivity contribution in [2.24, 2.45) is 0 Å². The minimum Gasteiger partial charge on any atom is -0.352 e. The maximum Gasteiger partial charge on any atom is 0.253 e. The third kappa shape index (κ3) is 4.09. The molecule has 154 valence electrons. The molecule has 3 aromatic carbocycles. The number of amides is 1. The lowest BCUT2D eigenvalue weighted by Gasteiger charge is -2.06. The molecule has 0 spiro atoms. The second-order valence-corrected chi connectivity index (χ2v) is 8.87. The van der Waals surface area contributed by atoms with Crippen LogP contribution < -0.4 is 5.32 Å². The van der Waals surface area contributed by atoms with E-state index in [1.807, 2.05) is 42.6 Å². The number of aryl methyl sites for hydroxylation is 1. The summed E-state index contributed by atoms with van der Waals surface area (Å²) in [7, 11) is 0. The summed E-state index contributed by atoms with van der Waals surface area (Å²) in [6.07, 6.45) is 2.70. The molecule has 0 saturated heterocycles. The summed E-state index contributed by atoms with van der Waals surface area (Å²) in [6.45, 7) is 3.39. The van der Waals surface area contributed by atoms with Gasteiger partial charge in [-0.15, -0.1) is 11.3 Å². The van der Waals surface area contributed by atoms with Crippen LogP contribution in [0.3, 0.4) is 0 Å². The average Bonchev–Trinajstić information content (AvgIpc) is 3.37. The molecule has 5 aromatic rings. The highest BCUT2D eigenvalue weighted by atomic mass is 32.1. The average molecular weight is 426 g/mol. The van der Waals surface area contributed by atoms with Crippen LogP contribution in [0, 0.1) is 6.92 Å². The zero-order chi connectivity index (χ0) is 21.2. The van der Waals surface area contributed by atoms with Gasteiger partial charge in [-0.25, -0.2) is 4.98 Å². The number of hydrogen-bond donors (Lipinski definition) is 1. The van der Waals surface area contributed by atoms with Gasteiger partial charge >= 0.3 is 0 Å². The van der Waals surface area contributed by atoms with Gasteiger partial charge in [-0.3, -0.25) is 4.79 Å². The number of fused-ring (bicyclic) bond motifs is 2. The van der Waals surface area contributed by atoms with E-state index in [0.717, 1.165) is 34.4 Å². The molecule has 31 heavy (non-hydrogen) atoms. The fraction of sp³-hybridized carbons (Fsp3) is 0.154. The monoisotopic (exact) mass is 425 g/mol. The van der Waals surface area contributed by atoms with Crippen molar-refractivity contribution in [1.82, 2.24) is 14.9 Å². The van der Waals surface area contributed by atoms with Crippen LogP contribution in [-0.4, -0.2) is 22.0 Å². The van der Waals surface area contributed by atoms with Crippen molar-refractivity contribution in [3.8, 4) is 0 Å². The molecular formula is C26H23N3OS. The van der Waals surface area contributed by atoms with Crippen LogP contribution >= 0.6 is 11.3 Å². The molecule has 5 heteroatoms. The van der Waals surface area contributed by atoms with Crippen molar-refractivity contribution >= 4 is 38.4 Å². The zero-order valence-electron chi connectivity index (χ0n) is 17.3. The highest BCUT2D eigenvalue weighted by Crippen LogP contribution is 2.24. The van der Waals surface area contributed by atoms with Crippen molar-refractivity contribution in [1.29, 1.82) is 0 Å². The number of thiazole rings is 1. The maximum atomic E-state index is 13.0. The summed E-state index contributed by atoms with van der Waals surface area (Å²) in [5.41, 5.74) is 5.27. The number of aromatic nitrogens is 2. The molecule has 0 aliphatic carbocycles. The van der Waals surface area contributed by atoms with Crippen LogP contribution in [0.4, 0.5) is 0 Å². The van der Waals surface area contributed by atoms with E-state index in [2.05, 4.69) is 58.2 Å². The lowest BCUT2D eigenvalue weighted by molar-refractivity contribution is 0.0955. The molecule has 2 heterocycles. The minimum absolute atomic E-state index is 0.0417. The summed E-state index contributed by atoms with van der Waals surface area (Å²) in [6, 6.07) is 24.7. The van der Waals surface area contributed by atoms with Crippen LogP contribution in [0.2, 0.25) is 0 Å². The summed E-state index contributed by atoms with van der Waals surface area (Å²) >= 11 is 1.69. The van der Waals surface area contributed by atoms with E-state index in [1.165, 1.54) is 15.8 Å². The third-order valence-corrected chi connectivity index (χ3v) is 6.57. The molecule has 0 aliphatic heterocycles. The lowest BCUT2D eigenvalue weighted by atomic mass is 10.1. The Bertz CT molecular complexity index is 1330. The molecule has 5 rings (SSSR count). The highest BCUT2D eigenvalue weighted by molar-refractivity contribution is 7.18.